The summed E-state index contributed by atoms with van der Waals surface area (Å²) in [6.07, 6.45) is 3.49. The highest BCUT2D eigenvalue weighted by Gasteiger charge is 2.26. The summed E-state index contributed by atoms with van der Waals surface area (Å²) >= 11 is 0. The molecule has 0 aromatic heterocycles. The van der Waals surface area contributed by atoms with Gasteiger partial charge in [-0.2, -0.15) is 0 Å². The Morgan fingerprint density at radius 2 is 1.90 bits per heavy atom. The molecule has 1 aromatic rings. The first-order valence-electron chi connectivity index (χ1n) is 10.4. The molecule has 30 heavy (non-hydrogen) atoms. The van der Waals surface area contributed by atoms with Crippen LogP contribution in [0, 0.1) is 5.82 Å². The van der Waals surface area contributed by atoms with Gasteiger partial charge in [0, 0.05) is 37.5 Å². The number of sulfone groups is 1. The minimum Gasteiger partial charge on any atom is -0.444 e. The van der Waals surface area contributed by atoms with Crippen LogP contribution in [0.1, 0.15) is 45.6 Å². The van der Waals surface area contributed by atoms with Gasteiger partial charge in [-0.1, -0.05) is 6.07 Å². The lowest BCUT2D eigenvalue weighted by Gasteiger charge is -2.33. The van der Waals surface area contributed by atoms with Gasteiger partial charge in [-0.3, -0.25) is 0 Å². The third-order valence-electron chi connectivity index (χ3n) is 4.88. The van der Waals surface area contributed by atoms with E-state index < -0.39 is 21.3 Å². The Labute approximate surface area is 179 Å². The standard InChI is InChI=1S/C21H34FN3O4S/c1-21(2,3)29-20(26)25-12-8-17(9-13-25)24-11-5-10-23-15-16-6-7-18(14-19(16)22)30(4,27)28/h6-7,14,17,23-24H,5,8-13,15H2,1-4H3. The molecule has 2 rings (SSSR count). The Morgan fingerprint density at radius 1 is 1.23 bits per heavy atom. The van der Waals surface area contributed by atoms with Crippen LogP contribution >= 0.6 is 0 Å². The Morgan fingerprint density at radius 3 is 2.47 bits per heavy atom. The van der Waals surface area contributed by atoms with Crippen molar-refractivity contribution in [3.8, 4) is 0 Å². The van der Waals surface area contributed by atoms with Gasteiger partial charge in [0.15, 0.2) is 9.84 Å². The van der Waals surface area contributed by atoms with Crippen molar-refractivity contribution < 1.29 is 22.3 Å². The Balaban J connectivity index is 1.60. The van der Waals surface area contributed by atoms with Crippen molar-refractivity contribution in [3.05, 3.63) is 29.6 Å². The summed E-state index contributed by atoms with van der Waals surface area (Å²) in [5, 5.41) is 6.69. The molecule has 170 valence electrons. The van der Waals surface area contributed by atoms with Gasteiger partial charge in [0.05, 0.1) is 4.90 Å². The Bertz CT molecular complexity index is 816. The number of nitrogens with zero attached hydrogens (tertiary/aromatic N) is 1. The zero-order valence-electron chi connectivity index (χ0n) is 18.3. The van der Waals surface area contributed by atoms with Crippen LogP contribution in [-0.4, -0.2) is 63.5 Å². The fourth-order valence-corrected chi connectivity index (χ4v) is 3.87. The molecule has 0 spiro atoms. The number of likely N-dealkylation sites (tertiary alicyclic amines) is 1. The molecule has 0 bridgehead atoms. The second-order valence-electron chi connectivity index (χ2n) is 8.75. The van der Waals surface area contributed by atoms with Gasteiger partial charge in [0.1, 0.15) is 11.4 Å². The number of piperidine rings is 1. The second kappa shape index (κ2) is 10.5. The van der Waals surface area contributed by atoms with E-state index in [0.29, 0.717) is 31.2 Å². The molecule has 1 heterocycles. The number of rotatable bonds is 8. The number of carbonyl (C=O) groups excluding carboxylic acids is 1. The van der Waals surface area contributed by atoms with E-state index >= 15 is 0 Å². The minimum atomic E-state index is -3.40. The molecule has 1 amide bonds. The number of benzene rings is 1. The molecule has 0 unspecified atom stereocenters. The molecule has 1 saturated heterocycles. The topological polar surface area (TPSA) is 87.7 Å². The van der Waals surface area contributed by atoms with E-state index in [1.165, 1.54) is 12.1 Å². The van der Waals surface area contributed by atoms with Gasteiger partial charge < -0.3 is 20.3 Å². The summed E-state index contributed by atoms with van der Waals surface area (Å²) in [6, 6.07) is 4.39. The van der Waals surface area contributed by atoms with Crippen molar-refractivity contribution in [2.24, 2.45) is 0 Å². The van der Waals surface area contributed by atoms with Crippen LogP contribution in [0.25, 0.3) is 0 Å². The lowest BCUT2D eigenvalue weighted by Crippen LogP contribution is -2.46. The van der Waals surface area contributed by atoms with E-state index in [1.54, 1.807) is 4.90 Å². The second-order valence-corrected chi connectivity index (χ2v) is 10.8. The van der Waals surface area contributed by atoms with Crippen molar-refractivity contribution in [1.29, 1.82) is 0 Å². The van der Waals surface area contributed by atoms with Crippen molar-refractivity contribution in [3.63, 3.8) is 0 Å². The van der Waals surface area contributed by atoms with Gasteiger partial charge in [-0.15, -0.1) is 0 Å². The predicted octanol–water partition coefficient (Wildman–Crippen LogP) is 2.70. The first kappa shape index (κ1) is 24.6. The summed E-state index contributed by atoms with van der Waals surface area (Å²) < 4.78 is 42.3. The van der Waals surface area contributed by atoms with Crippen LogP contribution in [-0.2, 0) is 21.1 Å². The summed E-state index contributed by atoms with van der Waals surface area (Å²) in [5.41, 5.74) is -0.0254. The lowest BCUT2D eigenvalue weighted by atomic mass is 10.1. The van der Waals surface area contributed by atoms with Gasteiger partial charge in [-0.05, 0) is 65.3 Å². The van der Waals surface area contributed by atoms with Gasteiger partial charge in [0.2, 0.25) is 0 Å². The maximum Gasteiger partial charge on any atom is 0.410 e. The smallest absolute Gasteiger partial charge is 0.410 e. The molecule has 1 aliphatic heterocycles. The highest BCUT2D eigenvalue weighted by atomic mass is 32.2. The SMILES string of the molecule is CC(C)(C)OC(=O)N1CCC(NCCCNCc2ccc(S(C)(=O)=O)cc2F)CC1. The molecule has 2 N–H and O–H groups in total. The number of amides is 1. The highest BCUT2D eigenvalue weighted by Crippen LogP contribution is 2.16. The van der Waals surface area contributed by atoms with Gasteiger partial charge in [-0.25, -0.2) is 17.6 Å². The van der Waals surface area contributed by atoms with Crippen LogP contribution in [0.15, 0.2) is 23.1 Å². The first-order chi connectivity index (χ1) is 14.0. The molecule has 0 radical (unpaired) electrons. The maximum atomic E-state index is 14.0. The number of hydrogen-bond acceptors (Lipinski definition) is 6. The van der Waals surface area contributed by atoms with Crippen molar-refractivity contribution in [1.82, 2.24) is 15.5 Å². The van der Waals surface area contributed by atoms with Gasteiger partial charge in [0.25, 0.3) is 0 Å². The zero-order valence-corrected chi connectivity index (χ0v) is 19.1. The molecular weight excluding hydrogens is 409 g/mol. The fourth-order valence-electron chi connectivity index (χ4n) is 3.24. The number of carbonyl (C=O) groups is 1. The molecule has 0 atom stereocenters. The van der Waals surface area contributed by atoms with E-state index in [9.17, 15) is 17.6 Å². The molecular formula is C21H34FN3O4S. The lowest BCUT2D eigenvalue weighted by molar-refractivity contribution is 0.0198. The van der Waals surface area contributed by atoms with E-state index in [2.05, 4.69) is 10.6 Å². The molecule has 1 fully saturated rings. The van der Waals surface area contributed by atoms with E-state index in [-0.39, 0.29) is 11.0 Å². The highest BCUT2D eigenvalue weighted by molar-refractivity contribution is 7.90. The van der Waals surface area contributed by atoms with E-state index in [0.717, 1.165) is 44.7 Å². The summed E-state index contributed by atoms with van der Waals surface area (Å²) in [7, 11) is -3.40. The zero-order chi connectivity index (χ0) is 22.4. The maximum absolute atomic E-state index is 14.0. The number of hydrogen-bond donors (Lipinski definition) is 2. The quantitative estimate of drug-likeness (QED) is 0.601. The van der Waals surface area contributed by atoms with Crippen molar-refractivity contribution in [2.75, 3.05) is 32.4 Å². The van der Waals surface area contributed by atoms with Crippen LogP contribution in [0.5, 0.6) is 0 Å². The number of halogens is 1. The van der Waals surface area contributed by atoms with E-state index in [4.69, 9.17) is 4.74 Å². The normalized spacial score (nSPS) is 16.0. The predicted molar refractivity (Wildman–Crippen MR) is 115 cm³/mol. The minimum absolute atomic E-state index is 0.00864. The van der Waals surface area contributed by atoms with Crippen LogP contribution in [0.4, 0.5) is 9.18 Å². The summed E-state index contributed by atoms with van der Waals surface area (Å²) in [4.78, 5) is 13.8. The molecule has 7 nitrogen and oxygen atoms in total. The van der Waals surface area contributed by atoms with Crippen LogP contribution in [0.2, 0.25) is 0 Å². The van der Waals surface area contributed by atoms with E-state index in [1.807, 2.05) is 20.8 Å². The Hall–Kier alpha value is -1.71. The first-order valence-corrected chi connectivity index (χ1v) is 12.3. The number of nitrogens with one attached hydrogen (secondary N) is 2. The van der Waals surface area contributed by atoms with Crippen LogP contribution < -0.4 is 10.6 Å². The third-order valence-corrected chi connectivity index (χ3v) is 5.99. The van der Waals surface area contributed by atoms with Crippen molar-refractivity contribution >= 4 is 15.9 Å². The average Bonchev–Trinajstić information content (AvgIpc) is 2.64. The molecule has 1 aromatic carbocycles. The largest absolute Gasteiger partial charge is 0.444 e. The van der Waals surface area contributed by atoms with Crippen molar-refractivity contribution in [2.45, 2.75) is 63.1 Å². The molecule has 1 aliphatic rings. The monoisotopic (exact) mass is 443 g/mol. The third kappa shape index (κ3) is 8.20. The average molecular weight is 444 g/mol. The fraction of sp³-hybridized carbons (Fsp3) is 0.667. The summed E-state index contributed by atoms with van der Waals surface area (Å²) in [5.74, 6) is -0.514. The van der Waals surface area contributed by atoms with Crippen LogP contribution in [0.3, 0.4) is 0 Å². The summed E-state index contributed by atoms with van der Waals surface area (Å²) in [6.45, 7) is 8.88. The Kier molecular flexibility index (Phi) is 8.63. The molecule has 0 aliphatic carbocycles. The molecule has 0 saturated carbocycles. The molecule has 9 heteroatoms. The van der Waals surface area contributed by atoms with Gasteiger partial charge >= 0.3 is 6.09 Å². The number of ether oxygens (including phenoxy) is 1.